The lowest BCUT2D eigenvalue weighted by Gasteiger charge is -2.08. The zero-order valence-corrected chi connectivity index (χ0v) is 15.3. The molecule has 2 aromatic heterocycles. The van der Waals surface area contributed by atoms with Gasteiger partial charge in [-0.05, 0) is 42.5 Å². The number of nitrogens with one attached hydrogen (secondary N) is 2. The number of nitrogens with zero attached hydrogens (tertiary/aromatic N) is 2. The van der Waals surface area contributed by atoms with Crippen molar-refractivity contribution in [2.75, 3.05) is 10.6 Å². The second-order valence-electron chi connectivity index (χ2n) is 6.38. The van der Waals surface area contributed by atoms with Crippen molar-refractivity contribution < 1.29 is 14.1 Å². The standard InChI is InChI=1S/C19H18N4O3S/c24-16(8-9-17-22-18(23-26-17)15-5-2-10-27-15)20-13-3-1-4-14(11-13)21-19(25)12-6-7-12/h1-5,10-12H,6-9H2,(H,20,24)(H,21,25). The van der Waals surface area contributed by atoms with Crippen LogP contribution in [0.4, 0.5) is 11.4 Å². The van der Waals surface area contributed by atoms with E-state index in [9.17, 15) is 9.59 Å². The van der Waals surface area contributed by atoms with Gasteiger partial charge >= 0.3 is 0 Å². The van der Waals surface area contributed by atoms with Crippen molar-refractivity contribution in [2.45, 2.75) is 25.7 Å². The van der Waals surface area contributed by atoms with Gasteiger partial charge in [-0.3, -0.25) is 9.59 Å². The average Bonchev–Trinajstić information content (AvgIpc) is 3.17. The molecule has 1 aliphatic carbocycles. The fourth-order valence-corrected chi connectivity index (χ4v) is 3.22. The summed E-state index contributed by atoms with van der Waals surface area (Å²) in [5, 5.41) is 11.6. The Morgan fingerprint density at radius 2 is 1.96 bits per heavy atom. The van der Waals surface area contributed by atoms with E-state index in [1.54, 1.807) is 24.3 Å². The molecule has 1 saturated carbocycles. The zero-order valence-electron chi connectivity index (χ0n) is 14.5. The molecule has 0 spiro atoms. The first-order valence-corrected chi connectivity index (χ1v) is 9.62. The van der Waals surface area contributed by atoms with Crippen LogP contribution in [0.15, 0.2) is 46.3 Å². The third-order valence-electron chi connectivity index (χ3n) is 4.14. The molecule has 2 N–H and O–H groups in total. The maximum absolute atomic E-state index is 12.2. The Bertz CT molecular complexity index is 948. The molecular formula is C19H18N4O3S. The van der Waals surface area contributed by atoms with Gasteiger partial charge in [0.1, 0.15) is 0 Å². The predicted molar refractivity (Wildman–Crippen MR) is 102 cm³/mol. The maximum atomic E-state index is 12.2. The van der Waals surface area contributed by atoms with Crippen molar-refractivity contribution in [3.63, 3.8) is 0 Å². The summed E-state index contributed by atoms with van der Waals surface area (Å²) in [7, 11) is 0. The predicted octanol–water partition coefficient (Wildman–Crippen LogP) is 3.72. The number of hydrogen-bond acceptors (Lipinski definition) is 6. The Kier molecular flexibility index (Phi) is 4.97. The molecule has 0 saturated heterocycles. The van der Waals surface area contributed by atoms with E-state index in [1.165, 1.54) is 11.3 Å². The van der Waals surface area contributed by atoms with Crippen LogP contribution in [0.1, 0.15) is 25.2 Å². The molecule has 0 unspecified atom stereocenters. The molecule has 0 bridgehead atoms. The largest absolute Gasteiger partial charge is 0.339 e. The van der Waals surface area contributed by atoms with Gasteiger partial charge in [0.25, 0.3) is 0 Å². The van der Waals surface area contributed by atoms with Gasteiger partial charge in [0.05, 0.1) is 4.88 Å². The Hall–Kier alpha value is -3.00. The number of rotatable bonds is 7. The second-order valence-corrected chi connectivity index (χ2v) is 7.33. The van der Waals surface area contributed by atoms with Gasteiger partial charge < -0.3 is 15.2 Å². The Labute approximate surface area is 159 Å². The van der Waals surface area contributed by atoms with E-state index < -0.39 is 0 Å². The molecule has 0 atom stereocenters. The minimum atomic E-state index is -0.156. The molecule has 4 rings (SSSR count). The van der Waals surface area contributed by atoms with Gasteiger partial charge in [-0.1, -0.05) is 17.3 Å². The van der Waals surface area contributed by atoms with Crippen molar-refractivity contribution in [3.05, 3.63) is 47.7 Å². The number of benzene rings is 1. The highest BCUT2D eigenvalue weighted by Gasteiger charge is 2.29. The number of aromatic nitrogens is 2. The number of hydrogen-bond donors (Lipinski definition) is 2. The first-order chi connectivity index (χ1) is 13.2. The summed E-state index contributed by atoms with van der Waals surface area (Å²) in [6, 6.07) is 11.0. The van der Waals surface area contributed by atoms with E-state index in [-0.39, 0.29) is 24.2 Å². The van der Waals surface area contributed by atoms with Crippen molar-refractivity contribution in [1.29, 1.82) is 0 Å². The van der Waals surface area contributed by atoms with Gasteiger partial charge in [0.2, 0.25) is 23.5 Å². The van der Waals surface area contributed by atoms with E-state index in [1.807, 2.05) is 17.5 Å². The first kappa shape index (κ1) is 17.4. The Morgan fingerprint density at radius 1 is 1.15 bits per heavy atom. The lowest BCUT2D eigenvalue weighted by atomic mass is 10.2. The summed E-state index contributed by atoms with van der Waals surface area (Å²) in [6.07, 6.45) is 2.49. The molecule has 0 radical (unpaired) electrons. The van der Waals surface area contributed by atoms with E-state index in [0.717, 1.165) is 17.7 Å². The Balaban J connectivity index is 1.29. The lowest BCUT2D eigenvalue weighted by Crippen LogP contribution is -2.15. The quantitative estimate of drug-likeness (QED) is 0.649. The number of aryl methyl sites for hydroxylation is 1. The fourth-order valence-electron chi connectivity index (χ4n) is 2.57. The maximum Gasteiger partial charge on any atom is 0.227 e. The van der Waals surface area contributed by atoms with Crippen LogP contribution in [0.3, 0.4) is 0 Å². The highest BCUT2D eigenvalue weighted by Crippen LogP contribution is 2.30. The molecular weight excluding hydrogens is 364 g/mol. The highest BCUT2D eigenvalue weighted by atomic mass is 32.1. The summed E-state index contributed by atoms with van der Waals surface area (Å²) in [6.45, 7) is 0. The number of amides is 2. The second kappa shape index (κ2) is 7.71. The SMILES string of the molecule is O=C(CCc1nc(-c2cccs2)no1)Nc1cccc(NC(=O)C2CC2)c1. The molecule has 1 fully saturated rings. The van der Waals surface area contributed by atoms with Gasteiger partial charge in [0.15, 0.2) is 0 Å². The summed E-state index contributed by atoms with van der Waals surface area (Å²) >= 11 is 1.53. The molecule has 2 amide bonds. The average molecular weight is 382 g/mol. The Morgan fingerprint density at radius 3 is 2.70 bits per heavy atom. The van der Waals surface area contributed by atoms with E-state index >= 15 is 0 Å². The van der Waals surface area contributed by atoms with Crippen molar-refractivity contribution >= 4 is 34.5 Å². The van der Waals surface area contributed by atoms with Gasteiger partial charge in [0, 0.05) is 30.1 Å². The van der Waals surface area contributed by atoms with Crippen LogP contribution in [0, 0.1) is 5.92 Å². The third kappa shape index (κ3) is 4.59. The monoisotopic (exact) mass is 382 g/mol. The molecule has 2 heterocycles. The van der Waals surface area contributed by atoms with Crippen molar-refractivity contribution in [2.24, 2.45) is 5.92 Å². The molecule has 138 valence electrons. The van der Waals surface area contributed by atoms with Crippen LogP contribution in [-0.4, -0.2) is 22.0 Å². The van der Waals surface area contributed by atoms with Crippen LogP contribution in [0.25, 0.3) is 10.7 Å². The molecule has 1 aliphatic rings. The van der Waals surface area contributed by atoms with E-state index in [4.69, 9.17) is 4.52 Å². The van der Waals surface area contributed by atoms with Crippen LogP contribution >= 0.6 is 11.3 Å². The van der Waals surface area contributed by atoms with Crippen LogP contribution in [0.2, 0.25) is 0 Å². The number of carbonyl (C=O) groups is 2. The molecule has 7 nitrogen and oxygen atoms in total. The number of thiophene rings is 1. The normalized spacial score (nSPS) is 13.3. The van der Waals surface area contributed by atoms with E-state index in [0.29, 0.717) is 29.5 Å². The summed E-state index contributed by atoms with van der Waals surface area (Å²) in [5.41, 5.74) is 1.32. The smallest absolute Gasteiger partial charge is 0.227 e. The first-order valence-electron chi connectivity index (χ1n) is 8.74. The lowest BCUT2D eigenvalue weighted by molar-refractivity contribution is -0.117. The topological polar surface area (TPSA) is 97.1 Å². The minimum absolute atomic E-state index is 0.0383. The zero-order chi connectivity index (χ0) is 18.6. The van der Waals surface area contributed by atoms with E-state index in [2.05, 4.69) is 20.8 Å². The molecule has 27 heavy (non-hydrogen) atoms. The van der Waals surface area contributed by atoms with Gasteiger partial charge in [-0.25, -0.2) is 0 Å². The fraction of sp³-hybridized carbons (Fsp3) is 0.263. The number of anilines is 2. The summed E-state index contributed by atoms with van der Waals surface area (Å²) in [4.78, 5) is 29.3. The van der Waals surface area contributed by atoms with Gasteiger partial charge in [-0.2, -0.15) is 4.98 Å². The number of carbonyl (C=O) groups excluding carboxylic acids is 2. The molecule has 3 aromatic rings. The minimum Gasteiger partial charge on any atom is -0.339 e. The summed E-state index contributed by atoms with van der Waals surface area (Å²) < 4.78 is 5.20. The molecule has 0 aliphatic heterocycles. The van der Waals surface area contributed by atoms with Crippen LogP contribution in [0.5, 0.6) is 0 Å². The van der Waals surface area contributed by atoms with Crippen molar-refractivity contribution in [1.82, 2.24) is 10.1 Å². The molecule has 8 heteroatoms. The van der Waals surface area contributed by atoms with Crippen LogP contribution < -0.4 is 10.6 Å². The van der Waals surface area contributed by atoms with Crippen molar-refractivity contribution in [3.8, 4) is 10.7 Å². The molecule has 1 aromatic carbocycles. The van der Waals surface area contributed by atoms with Gasteiger partial charge in [-0.15, -0.1) is 11.3 Å². The third-order valence-corrected chi connectivity index (χ3v) is 5.00. The van der Waals surface area contributed by atoms with Crippen LogP contribution in [-0.2, 0) is 16.0 Å². The highest BCUT2D eigenvalue weighted by molar-refractivity contribution is 7.13. The summed E-state index contributed by atoms with van der Waals surface area (Å²) in [5.74, 6) is 0.989.